The van der Waals surface area contributed by atoms with Crippen molar-refractivity contribution < 1.29 is 8.42 Å². The van der Waals surface area contributed by atoms with E-state index in [4.69, 9.17) is 0 Å². The number of nitrogens with one attached hydrogen (secondary N) is 2. The van der Waals surface area contributed by atoms with Crippen molar-refractivity contribution in [3.63, 3.8) is 0 Å². The summed E-state index contributed by atoms with van der Waals surface area (Å²) in [5.74, 6) is 0.505. The third-order valence-corrected chi connectivity index (χ3v) is 5.04. The minimum atomic E-state index is -3.48. The molecule has 0 saturated carbocycles. The van der Waals surface area contributed by atoms with Crippen LogP contribution >= 0.6 is 0 Å². The van der Waals surface area contributed by atoms with Crippen LogP contribution in [0.2, 0.25) is 0 Å². The van der Waals surface area contributed by atoms with Crippen LogP contribution in [0.4, 0.5) is 0 Å². The second-order valence-corrected chi connectivity index (χ2v) is 7.28. The Balaban J connectivity index is 2.61. The molecule has 1 rings (SSSR count). The lowest BCUT2D eigenvalue weighted by atomic mass is 10.0. The molecule has 0 radical (unpaired) electrons. The van der Waals surface area contributed by atoms with Gasteiger partial charge < -0.3 is 5.32 Å². The molecular formula is C14H28N4O2S. The summed E-state index contributed by atoms with van der Waals surface area (Å²) in [5, 5.41) is 7.28. The summed E-state index contributed by atoms with van der Waals surface area (Å²) in [5.41, 5.74) is 0. The van der Waals surface area contributed by atoms with Crippen LogP contribution in [0.25, 0.3) is 0 Å². The molecule has 0 aliphatic carbocycles. The molecule has 0 bridgehead atoms. The predicted octanol–water partition coefficient (Wildman–Crippen LogP) is 1.60. The third kappa shape index (κ3) is 6.15. The molecule has 7 heteroatoms. The fourth-order valence-corrected chi connectivity index (χ4v) is 3.34. The molecule has 0 fully saturated rings. The molecule has 1 aromatic rings. The fourth-order valence-electron chi connectivity index (χ4n) is 2.13. The largest absolute Gasteiger partial charge is 0.315 e. The number of nitrogens with zero attached hydrogens (tertiary/aromatic N) is 2. The molecule has 1 heterocycles. The number of hydrogen-bond acceptors (Lipinski definition) is 4. The minimum absolute atomic E-state index is 0.0740. The van der Waals surface area contributed by atoms with Gasteiger partial charge in [-0.1, -0.05) is 27.2 Å². The number of hydrogen-bond donors (Lipinski definition) is 2. The minimum Gasteiger partial charge on any atom is -0.315 e. The van der Waals surface area contributed by atoms with Crippen molar-refractivity contribution in [1.82, 2.24) is 19.8 Å². The van der Waals surface area contributed by atoms with Crippen LogP contribution < -0.4 is 10.0 Å². The van der Waals surface area contributed by atoms with E-state index in [0.29, 0.717) is 12.5 Å². The highest BCUT2D eigenvalue weighted by Crippen LogP contribution is 2.13. The molecule has 0 saturated heterocycles. The summed E-state index contributed by atoms with van der Waals surface area (Å²) in [6.45, 7) is 10.5. The van der Waals surface area contributed by atoms with Crippen LogP contribution in [0.3, 0.4) is 0 Å². The zero-order chi connectivity index (χ0) is 15.9. The quantitative estimate of drug-likeness (QED) is 0.643. The van der Waals surface area contributed by atoms with Crippen molar-refractivity contribution >= 4 is 10.0 Å². The van der Waals surface area contributed by atoms with Crippen molar-refractivity contribution in [1.29, 1.82) is 0 Å². The van der Waals surface area contributed by atoms with Crippen LogP contribution in [-0.4, -0.2) is 37.3 Å². The first-order valence-corrected chi connectivity index (χ1v) is 9.12. The highest BCUT2D eigenvalue weighted by molar-refractivity contribution is 7.89. The summed E-state index contributed by atoms with van der Waals surface area (Å²) < 4.78 is 28.9. The van der Waals surface area contributed by atoms with Gasteiger partial charge in [-0.3, -0.25) is 4.68 Å². The second-order valence-electron chi connectivity index (χ2n) is 5.56. The van der Waals surface area contributed by atoms with E-state index in [-0.39, 0.29) is 10.9 Å². The smallest absolute Gasteiger partial charge is 0.243 e. The van der Waals surface area contributed by atoms with Gasteiger partial charge in [0, 0.05) is 18.8 Å². The van der Waals surface area contributed by atoms with Crippen molar-refractivity contribution in [2.75, 3.05) is 13.1 Å². The van der Waals surface area contributed by atoms with Gasteiger partial charge in [0.2, 0.25) is 10.0 Å². The van der Waals surface area contributed by atoms with Crippen molar-refractivity contribution in [3.05, 3.63) is 12.4 Å². The zero-order valence-electron chi connectivity index (χ0n) is 13.5. The van der Waals surface area contributed by atoms with Crippen molar-refractivity contribution in [2.24, 2.45) is 5.92 Å². The second kappa shape index (κ2) is 8.51. The maximum Gasteiger partial charge on any atom is 0.243 e. The average molecular weight is 316 g/mol. The first kappa shape index (κ1) is 18.1. The Labute approximate surface area is 128 Å². The van der Waals surface area contributed by atoms with Crippen LogP contribution in [-0.2, 0) is 16.6 Å². The number of rotatable bonds is 10. The average Bonchev–Trinajstić information content (AvgIpc) is 2.87. The van der Waals surface area contributed by atoms with Crippen LogP contribution in [0, 0.1) is 5.92 Å². The lowest BCUT2D eigenvalue weighted by molar-refractivity contribution is 0.445. The van der Waals surface area contributed by atoms with Crippen LogP contribution in [0.5, 0.6) is 0 Å². The van der Waals surface area contributed by atoms with Gasteiger partial charge in [0.05, 0.1) is 12.7 Å². The molecule has 0 aliphatic rings. The molecule has 6 nitrogen and oxygen atoms in total. The molecule has 0 spiro atoms. The SMILES string of the molecule is CCNCCn1cc(S(=O)(=O)NC(C)CC(C)CC)cn1. The van der Waals surface area contributed by atoms with Crippen molar-refractivity contribution in [2.45, 2.75) is 58.0 Å². The summed E-state index contributed by atoms with van der Waals surface area (Å²) in [7, 11) is -3.48. The van der Waals surface area contributed by atoms with Gasteiger partial charge in [0.15, 0.2) is 0 Å². The summed E-state index contributed by atoms with van der Waals surface area (Å²) in [6, 6.07) is -0.0740. The molecule has 21 heavy (non-hydrogen) atoms. The number of likely N-dealkylation sites (N-methyl/N-ethyl adjacent to an activating group) is 1. The molecule has 1 aromatic heterocycles. The van der Waals surface area contributed by atoms with Gasteiger partial charge in [-0.2, -0.15) is 5.10 Å². The van der Waals surface area contributed by atoms with Crippen LogP contribution in [0.15, 0.2) is 17.3 Å². The van der Waals surface area contributed by atoms with Gasteiger partial charge in [-0.15, -0.1) is 0 Å². The Morgan fingerprint density at radius 3 is 2.67 bits per heavy atom. The molecule has 2 N–H and O–H groups in total. The number of sulfonamides is 1. The van der Waals surface area contributed by atoms with E-state index in [1.807, 2.05) is 13.8 Å². The van der Waals surface area contributed by atoms with Gasteiger partial charge in [0.1, 0.15) is 4.90 Å². The summed E-state index contributed by atoms with van der Waals surface area (Å²) >= 11 is 0. The summed E-state index contributed by atoms with van der Waals surface area (Å²) in [4.78, 5) is 0.231. The first-order chi connectivity index (χ1) is 9.89. The van der Waals surface area contributed by atoms with E-state index in [0.717, 1.165) is 25.9 Å². The lowest BCUT2D eigenvalue weighted by Crippen LogP contribution is -2.33. The van der Waals surface area contributed by atoms with E-state index in [1.54, 1.807) is 10.9 Å². The molecular weight excluding hydrogens is 288 g/mol. The Morgan fingerprint density at radius 2 is 2.05 bits per heavy atom. The van der Waals surface area contributed by atoms with Gasteiger partial charge in [-0.25, -0.2) is 13.1 Å². The molecule has 0 amide bonds. The maximum absolute atomic E-state index is 12.3. The Kier molecular flexibility index (Phi) is 7.34. The Hall–Kier alpha value is -0.920. The van der Waals surface area contributed by atoms with Crippen LogP contribution in [0.1, 0.15) is 40.5 Å². The zero-order valence-corrected chi connectivity index (χ0v) is 14.3. The van der Waals surface area contributed by atoms with E-state index in [9.17, 15) is 8.42 Å². The summed E-state index contributed by atoms with van der Waals surface area (Å²) in [6.07, 6.45) is 4.87. The molecule has 2 unspecified atom stereocenters. The highest BCUT2D eigenvalue weighted by Gasteiger charge is 2.20. The predicted molar refractivity (Wildman–Crippen MR) is 84.6 cm³/mol. The van der Waals surface area contributed by atoms with Gasteiger partial charge in [0.25, 0.3) is 0 Å². The van der Waals surface area contributed by atoms with Gasteiger partial charge in [-0.05, 0) is 25.8 Å². The first-order valence-electron chi connectivity index (χ1n) is 7.64. The standard InChI is InChI=1S/C14H28N4O2S/c1-5-12(3)9-13(4)17-21(19,20)14-10-16-18(11-14)8-7-15-6-2/h10-13,15,17H,5-9H2,1-4H3. The van der Waals surface area contributed by atoms with Crippen molar-refractivity contribution in [3.8, 4) is 0 Å². The molecule has 122 valence electrons. The lowest BCUT2D eigenvalue weighted by Gasteiger charge is -2.16. The highest BCUT2D eigenvalue weighted by atomic mass is 32.2. The Morgan fingerprint density at radius 1 is 1.33 bits per heavy atom. The molecule has 0 aliphatic heterocycles. The maximum atomic E-state index is 12.3. The molecule has 2 atom stereocenters. The normalized spacial score (nSPS) is 15.0. The Bertz CT molecular complexity index is 513. The topological polar surface area (TPSA) is 76.0 Å². The molecule has 0 aromatic carbocycles. The fraction of sp³-hybridized carbons (Fsp3) is 0.786. The van der Waals surface area contributed by atoms with E-state index < -0.39 is 10.0 Å². The third-order valence-electron chi connectivity index (χ3n) is 3.50. The monoisotopic (exact) mass is 316 g/mol. The van der Waals surface area contributed by atoms with E-state index >= 15 is 0 Å². The van der Waals surface area contributed by atoms with E-state index in [2.05, 4.69) is 29.0 Å². The van der Waals surface area contributed by atoms with E-state index in [1.165, 1.54) is 6.20 Å². The number of aromatic nitrogens is 2. The van der Waals surface area contributed by atoms with Gasteiger partial charge >= 0.3 is 0 Å².